The fraction of sp³-hybridized carbons (Fsp3) is 0.818. The van der Waals surface area contributed by atoms with Gasteiger partial charge >= 0.3 is 0 Å². The van der Waals surface area contributed by atoms with Crippen LogP contribution in [0, 0.1) is 45.3 Å². The van der Waals surface area contributed by atoms with E-state index in [4.69, 9.17) is 10.5 Å². The Hall–Kier alpha value is -2.84. The highest BCUT2D eigenvalue weighted by Gasteiger charge is 2.36. The van der Waals surface area contributed by atoms with Crippen molar-refractivity contribution in [3.8, 4) is 24.3 Å². The molecule has 0 unspecified atom stereocenters. The van der Waals surface area contributed by atoms with E-state index >= 15 is 0 Å². The van der Waals surface area contributed by atoms with Gasteiger partial charge in [0.25, 0.3) is 0 Å². The molecule has 0 N–H and O–H groups in total. The maximum Gasteiger partial charge on any atom is 0.167 e. The monoisotopic (exact) mass is 408 g/mol. The van der Waals surface area contributed by atoms with Gasteiger partial charge in [0.05, 0.1) is 24.3 Å². The highest BCUT2D eigenvalue weighted by molar-refractivity contribution is 5.12. The van der Waals surface area contributed by atoms with Crippen molar-refractivity contribution in [2.45, 2.75) is 114 Å². The molecule has 0 aromatic heterocycles. The van der Waals surface area contributed by atoms with Crippen LogP contribution in [0.15, 0.2) is 20.5 Å². The molecular weight excluding hydrogens is 376 g/mol. The largest absolute Gasteiger partial charge is 0.196 e. The Morgan fingerprint density at radius 3 is 1.10 bits per heavy atom. The van der Waals surface area contributed by atoms with Gasteiger partial charge < -0.3 is 0 Å². The van der Waals surface area contributed by atoms with Gasteiger partial charge in [-0.2, -0.15) is 41.5 Å². The molecular formula is C22H32N8. The topological polar surface area (TPSA) is 145 Å². The minimum Gasteiger partial charge on any atom is -0.196 e. The number of hydrogen-bond donors (Lipinski definition) is 0. The van der Waals surface area contributed by atoms with E-state index in [2.05, 4.69) is 32.6 Å². The molecule has 0 saturated heterocycles. The van der Waals surface area contributed by atoms with Gasteiger partial charge in [0.2, 0.25) is 0 Å². The first-order valence-corrected chi connectivity index (χ1v) is 10.6. The Morgan fingerprint density at radius 1 is 0.567 bits per heavy atom. The summed E-state index contributed by atoms with van der Waals surface area (Å²) in [6.07, 6.45) is 9.76. The summed E-state index contributed by atoms with van der Waals surface area (Å²) >= 11 is 0. The minimum atomic E-state index is -0.839. The molecule has 2 rings (SSSR count). The fourth-order valence-electron chi connectivity index (χ4n) is 3.23. The quantitative estimate of drug-likeness (QED) is 0.530. The van der Waals surface area contributed by atoms with Crippen molar-refractivity contribution < 1.29 is 0 Å². The summed E-state index contributed by atoms with van der Waals surface area (Å²) in [4.78, 5) is 0. The Labute approximate surface area is 180 Å². The van der Waals surface area contributed by atoms with Gasteiger partial charge in [0.1, 0.15) is 0 Å². The van der Waals surface area contributed by atoms with Crippen molar-refractivity contribution in [1.29, 1.82) is 21.0 Å². The molecule has 0 atom stereocenters. The Balaban J connectivity index is 0.000000329. The van der Waals surface area contributed by atoms with Crippen LogP contribution in [0.25, 0.3) is 0 Å². The van der Waals surface area contributed by atoms with E-state index in [0.29, 0.717) is 0 Å². The Bertz CT molecular complexity index is 717. The van der Waals surface area contributed by atoms with E-state index in [0.717, 1.165) is 51.4 Å². The first kappa shape index (κ1) is 25.2. The molecule has 2 fully saturated rings. The van der Waals surface area contributed by atoms with Gasteiger partial charge in [-0.3, -0.25) is 0 Å². The van der Waals surface area contributed by atoms with Gasteiger partial charge in [-0.15, -0.1) is 0 Å². The van der Waals surface area contributed by atoms with E-state index in [1.807, 2.05) is 12.1 Å². The normalized spacial score (nSPS) is 20.8. The minimum absolute atomic E-state index is 0.639. The molecule has 0 heterocycles. The fourth-order valence-corrected chi connectivity index (χ4v) is 3.23. The maximum absolute atomic E-state index is 9.34. The van der Waals surface area contributed by atoms with Crippen molar-refractivity contribution in [2.24, 2.45) is 20.5 Å². The molecule has 0 aromatic carbocycles. The molecule has 0 spiro atoms. The second kappa shape index (κ2) is 10.8. The number of hydrogen-bond acceptors (Lipinski definition) is 8. The summed E-state index contributed by atoms with van der Waals surface area (Å²) in [5, 5.41) is 52.0. The molecule has 160 valence electrons. The van der Waals surface area contributed by atoms with Crippen LogP contribution in [0.3, 0.4) is 0 Å². The third-order valence-corrected chi connectivity index (χ3v) is 5.31. The third kappa shape index (κ3) is 7.88. The van der Waals surface area contributed by atoms with Crippen molar-refractivity contribution >= 4 is 0 Å². The lowest BCUT2D eigenvalue weighted by Gasteiger charge is -2.29. The highest BCUT2D eigenvalue weighted by atomic mass is 15.2. The second-order valence-corrected chi connectivity index (χ2v) is 9.15. The standard InChI is InChI=1S/C14H20N4.C8H12N4/c15-11-13(7-3-1-4-8-13)17-18-14(12-16)9-5-2-6-10-14;1-7(2,5-9)11-12-8(3,4)6-10/h1-10H2;1-4H3. The van der Waals surface area contributed by atoms with Gasteiger partial charge in [0, 0.05) is 0 Å². The molecule has 2 aliphatic carbocycles. The average molecular weight is 409 g/mol. The predicted octanol–water partition coefficient (Wildman–Crippen LogP) is 5.93. The van der Waals surface area contributed by atoms with E-state index in [9.17, 15) is 10.5 Å². The third-order valence-electron chi connectivity index (χ3n) is 5.31. The zero-order valence-corrected chi connectivity index (χ0v) is 18.6. The maximum atomic E-state index is 9.34. The first-order valence-electron chi connectivity index (χ1n) is 10.6. The van der Waals surface area contributed by atoms with Crippen molar-refractivity contribution in [3.63, 3.8) is 0 Å². The van der Waals surface area contributed by atoms with Crippen molar-refractivity contribution in [2.75, 3.05) is 0 Å². The van der Waals surface area contributed by atoms with Crippen LogP contribution in [0.2, 0.25) is 0 Å². The summed E-state index contributed by atoms with van der Waals surface area (Å²) in [5.74, 6) is 0. The van der Waals surface area contributed by atoms with E-state index in [-0.39, 0.29) is 0 Å². The SMILES string of the molecule is CC(C)(C#N)N=NC(C)(C)C#N.N#CC1(N=NC2(C#N)CCCCC2)CCCCC1. The Kier molecular flexibility index (Phi) is 9.07. The molecule has 30 heavy (non-hydrogen) atoms. The van der Waals surface area contributed by atoms with E-state index in [1.54, 1.807) is 27.7 Å². The molecule has 0 amide bonds. The van der Waals surface area contributed by atoms with Crippen LogP contribution in [-0.4, -0.2) is 22.2 Å². The molecule has 8 heteroatoms. The summed E-state index contributed by atoms with van der Waals surface area (Å²) in [7, 11) is 0. The summed E-state index contributed by atoms with van der Waals surface area (Å²) < 4.78 is 0. The highest BCUT2D eigenvalue weighted by Crippen LogP contribution is 2.36. The number of nitriles is 4. The lowest BCUT2D eigenvalue weighted by atomic mass is 9.82. The molecule has 2 aliphatic rings. The van der Waals surface area contributed by atoms with Gasteiger partial charge in [0.15, 0.2) is 22.2 Å². The van der Waals surface area contributed by atoms with Crippen LogP contribution < -0.4 is 0 Å². The average Bonchev–Trinajstić information content (AvgIpc) is 2.78. The molecule has 0 radical (unpaired) electrons. The number of rotatable bonds is 4. The van der Waals surface area contributed by atoms with Gasteiger partial charge in [-0.1, -0.05) is 12.8 Å². The van der Waals surface area contributed by atoms with Crippen LogP contribution in [0.5, 0.6) is 0 Å². The first-order chi connectivity index (χ1) is 14.1. The lowest BCUT2D eigenvalue weighted by molar-refractivity contribution is 0.310. The predicted molar refractivity (Wildman–Crippen MR) is 112 cm³/mol. The summed E-state index contributed by atoms with van der Waals surface area (Å²) in [6.45, 7) is 6.57. The smallest absolute Gasteiger partial charge is 0.167 e. The van der Waals surface area contributed by atoms with Crippen LogP contribution in [0.1, 0.15) is 91.9 Å². The summed E-state index contributed by atoms with van der Waals surface area (Å²) in [6, 6.07) is 8.59. The lowest BCUT2D eigenvalue weighted by Crippen LogP contribution is -2.31. The van der Waals surface area contributed by atoms with Crippen LogP contribution >= 0.6 is 0 Å². The van der Waals surface area contributed by atoms with Crippen molar-refractivity contribution in [1.82, 2.24) is 0 Å². The molecule has 8 nitrogen and oxygen atoms in total. The molecule has 0 aromatic rings. The zero-order chi connectivity index (χ0) is 22.7. The number of nitrogens with zero attached hydrogens (tertiary/aromatic N) is 8. The molecule has 2 saturated carbocycles. The van der Waals surface area contributed by atoms with E-state index < -0.39 is 22.2 Å². The Morgan fingerprint density at radius 2 is 0.867 bits per heavy atom. The van der Waals surface area contributed by atoms with Crippen LogP contribution in [0.4, 0.5) is 0 Å². The zero-order valence-electron chi connectivity index (χ0n) is 18.6. The summed E-state index contributed by atoms with van der Waals surface area (Å²) in [5.41, 5.74) is -2.96. The number of azo groups is 2. The molecule has 0 bridgehead atoms. The molecule has 0 aliphatic heterocycles. The van der Waals surface area contributed by atoms with Gasteiger partial charge in [-0.05, 0) is 79.1 Å². The van der Waals surface area contributed by atoms with Crippen molar-refractivity contribution in [3.05, 3.63) is 0 Å². The second-order valence-electron chi connectivity index (χ2n) is 9.15. The van der Waals surface area contributed by atoms with E-state index in [1.165, 1.54) is 12.8 Å². The van der Waals surface area contributed by atoms with Gasteiger partial charge in [-0.25, -0.2) is 0 Å². The van der Waals surface area contributed by atoms with Crippen LogP contribution in [-0.2, 0) is 0 Å².